The fourth-order valence-electron chi connectivity index (χ4n) is 3.36. The van der Waals surface area contributed by atoms with Crippen LogP contribution in [0.5, 0.6) is 11.5 Å². The molecule has 0 unspecified atom stereocenters. The third kappa shape index (κ3) is 4.03. The van der Waals surface area contributed by atoms with Crippen molar-refractivity contribution in [2.75, 3.05) is 14.2 Å². The van der Waals surface area contributed by atoms with E-state index in [0.717, 1.165) is 4.68 Å². The van der Waals surface area contributed by atoms with E-state index in [1.807, 2.05) is 0 Å². The summed E-state index contributed by atoms with van der Waals surface area (Å²) in [5, 5.41) is 12.3. The molecule has 0 fully saturated rings. The number of methoxy groups -OCH3 is 2. The fraction of sp³-hybridized carbons (Fsp3) is 0.227. The van der Waals surface area contributed by atoms with E-state index >= 15 is 0 Å². The number of ether oxygens (including phenoxy) is 2. The van der Waals surface area contributed by atoms with Crippen molar-refractivity contribution in [2.24, 2.45) is 0 Å². The van der Waals surface area contributed by atoms with Crippen molar-refractivity contribution in [1.82, 2.24) is 24.8 Å². The number of halogens is 3. The number of aromatic nitrogens is 5. The summed E-state index contributed by atoms with van der Waals surface area (Å²) in [5.41, 5.74) is 1.65. The Morgan fingerprint density at radius 2 is 1.59 bits per heavy atom. The lowest BCUT2D eigenvalue weighted by atomic mass is 10.1. The molecule has 0 saturated carbocycles. The molecule has 0 N–H and O–H groups in total. The smallest absolute Gasteiger partial charge is 0.433 e. The number of benzene rings is 2. The number of hydrogen-bond acceptors (Lipinski definition) is 5. The molecular weight excluding hydrogens is 423 g/mol. The Hall–Kier alpha value is -3.82. The van der Waals surface area contributed by atoms with Crippen molar-refractivity contribution >= 4 is 0 Å². The Kier molecular flexibility index (Phi) is 5.60. The van der Waals surface area contributed by atoms with Crippen LogP contribution in [0.15, 0.2) is 54.9 Å². The van der Waals surface area contributed by atoms with Gasteiger partial charge in [-0.15, -0.1) is 5.10 Å². The molecule has 0 aliphatic heterocycles. The van der Waals surface area contributed by atoms with Gasteiger partial charge in [0.1, 0.15) is 17.2 Å². The summed E-state index contributed by atoms with van der Waals surface area (Å²) in [6.45, 7) is 1.67. The summed E-state index contributed by atoms with van der Waals surface area (Å²) >= 11 is 0. The molecule has 0 aliphatic rings. The highest BCUT2D eigenvalue weighted by atomic mass is 19.4. The van der Waals surface area contributed by atoms with Crippen LogP contribution in [-0.4, -0.2) is 39.0 Å². The van der Waals surface area contributed by atoms with Crippen LogP contribution < -0.4 is 9.47 Å². The molecule has 4 aromatic rings. The maximum atomic E-state index is 13.5. The molecule has 32 heavy (non-hydrogen) atoms. The second-order valence-electron chi connectivity index (χ2n) is 6.95. The molecule has 2 aromatic carbocycles. The van der Waals surface area contributed by atoms with Gasteiger partial charge in [-0.25, -0.2) is 9.36 Å². The van der Waals surface area contributed by atoms with Gasteiger partial charge < -0.3 is 9.47 Å². The van der Waals surface area contributed by atoms with Crippen molar-refractivity contribution in [3.05, 3.63) is 66.1 Å². The van der Waals surface area contributed by atoms with E-state index in [-0.39, 0.29) is 12.0 Å². The number of aryl methyl sites for hydroxylation is 1. The molecular formula is C22H20F3N5O2. The van der Waals surface area contributed by atoms with Gasteiger partial charge in [-0.3, -0.25) is 0 Å². The summed E-state index contributed by atoms with van der Waals surface area (Å²) < 4.78 is 53.6. The second kappa shape index (κ2) is 8.37. The highest BCUT2D eigenvalue weighted by Gasteiger charge is 2.38. The van der Waals surface area contributed by atoms with E-state index in [1.165, 1.54) is 6.20 Å². The first-order chi connectivity index (χ1) is 15.3. The molecule has 7 nitrogen and oxygen atoms in total. The quantitative estimate of drug-likeness (QED) is 0.432. The molecule has 0 atom stereocenters. The van der Waals surface area contributed by atoms with Gasteiger partial charge in [0.25, 0.3) is 0 Å². The van der Waals surface area contributed by atoms with Crippen LogP contribution in [0, 0.1) is 0 Å². The first-order valence-corrected chi connectivity index (χ1v) is 9.74. The van der Waals surface area contributed by atoms with Crippen molar-refractivity contribution < 1.29 is 22.6 Å². The molecule has 166 valence electrons. The van der Waals surface area contributed by atoms with Crippen LogP contribution in [-0.2, 0) is 12.6 Å². The minimum atomic E-state index is -4.50. The zero-order valence-electron chi connectivity index (χ0n) is 17.6. The lowest BCUT2D eigenvalue weighted by Gasteiger charge is -2.12. The predicted molar refractivity (Wildman–Crippen MR) is 111 cm³/mol. The zero-order valence-corrected chi connectivity index (χ0v) is 17.6. The predicted octanol–water partition coefficient (Wildman–Crippen LogP) is 4.72. The van der Waals surface area contributed by atoms with Crippen LogP contribution in [0.25, 0.3) is 22.6 Å². The van der Waals surface area contributed by atoms with Crippen LogP contribution in [0.2, 0.25) is 0 Å². The molecule has 0 aliphatic carbocycles. The largest absolute Gasteiger partial charge is 0.497 e. The van der Waals surface area contributed by atoms with Crippen molar-refractivity contribution in [1.29, 1.82) is 0 Å². The standard InChI is InChI=1S/C22H20F3N5O2/c1-4-14-12-26-30(21(14)22(23,24)25)16-7-5-15(6-8-16)20-13-29(28-27-20)17-9-18(31-2)11-19(10-17)32-3/h5-13H,4H2,1-3H3. The van der Waals surface area contributed by atoms with E-state index in [9.17, 15) is 13.2 Å². The topological polar surface area (TPSA) is 67.0 Å². The minimum absolute atomic E-state index is 0.151. The average Bonchev–Trinajstić information content (AvgIpc) is 3.46. The van der Waals surface area contributed by atoms with Gasteiger partial charge in [0.05, 0.1) is 38.0 Å². The first kappa shape index (κ1) is 21.4. The van der Waals surface area contributed by atoms with Gasteiger partial charge in [0.15, 0.2) is 5.69 Å². The Balaban J connectivity index is 1.65. The lowest BCUT2D eigenvalue weighted by Crippen LogP contribution is -2.15. The maximum Gasteiger partial charge on any atom is 0.433 e. The van der Waals surface area contributed by atoms with E-state index in [1.54, 1.807) is 74.5 Å². The number of nitrogens with zero attached hydrogens (tertiary/aromatic N) is 5. The SMILES string of the molecule is CCc1cnn(-c2ccc(-c3cn(-c4cc(OC)cc(OC)c4)nn3)cc2)c1C(F)(F)F. The third-order valence-electron chi connectivity index (χ3n) is 5.00. The van der Waals surface area contributed by atoms with Crippen LogP contribution in [0.4, 0.5) is 13.2 Å². The number of alkyl halides is 3. The minimum Gasteiger partial charge on any atom is -0.497 e. The van der Waals surface area contributed by atoms with Crippen molar-refractivity contribution in [3.63, 3.8) is 0 Å². The van der Waals surface area contributed by atoms with E-state index in [2.05, 4.69) is 15.4 Å². The van der Waals surface area contributed by atoms with Gasteiger partial charge >= 0.3 is 6.18 Å². The highest BCUT2D eigenvalue weighted by molar-refractivity contribution is 5.60. The Labute approximate surface area is 182 Å². The Bertz CT molecular complexity index is 1210. The monoisotopic (exact) mass is 443 g/mol. The van der Waals surface area contributed by atoms with E-state index in [0.29, 0.717) is 34.1 Å². The van der Waals surface area contributed by atoms with E-state index < -0.39 is 11.9 Å². The molecule has 4 rings (SSSR count). The summed E-state index contributed by atoms with van der Waals surface area (Å²) in [5.74, 6) is 1.21. The van der Waals surface area contributed by atoms with Gasteiger partial charge in [0.2, 0.25) is 0 Å². The number of hydrogen-bond donors (Lipinski definition) is 0. The molecule has 10 heteroatoms. The van der Waals surface area contributed by atoms with Gasteiger partial charge in [-0.1, -0.05) is 24.3 Å². The normalized spacial score (nSPS) is 11.6. The van der Waals surface area contributed by atoms with Gasteiger partial charge in [0, 0.05) is 29.3 Å². The maximum absolute atomic E-state index is 13.5. The van der Waals surface area contributed by atoms with Crippen LogP contribution in [0.1, 0.15) is 18.2 Å². The zero-order chi connectivity index (χ0) is 22.9. The van der Waals surface area contributed by atoms with Crippen LogP contribution in [0.3, 0.4) is 0 Å². The summed E-state index contributed by atoms with van der Waals surface area (Å²) in [4.78, 5) is 0. The second-order valence-corrected chi connectivity index (χ2v) is 6.95. The lowest BCUT2D eigenvalue weighted by molar-refractivity contribution is -0.143. The van der Waals surface area contributed by atoms with E-state index in [4.69, 9.17) is 9.47 Å². The first-order valence-electron chi connectivity index (χ1n) is 9.74. The molecule has 0 amide bonds. The Morgan fingerprint density at radius 3 is 2.16 bits per heavy atom. The number of rotatable bonds is 6. The van der Waals surface area contributed by atoms with Crippen LogP contribution >= 0.6 is 0 Å². The van der Waals surface area contributed by atoms with Crippen molar-refractivity contribution in [3.8, 4) is 34.1 Å². The molecule has 0 bridgehead atoms. The molecule has 2 heterocycles. The highest BCUT2D eigenvalue weighted by Crippen LogP contribution is 2.34. The Morgan fingerprint density at radius 1 is 0.938 bits per heavy atom. The molecule has 2 aromatic heterocycles. The third-order valence-corrected chi connectivity index (χ3v) is 5.00. The summed E-state index contributed by atoms with van der Waals surface area (Å²) in [6, 6.07) is 11.8. The van der Waals surface area contributed by atoms with Crippen molar-refractivity contribution in [2.45, 2.75) is 19.5 Å². The fourth-order valence-corrected chi connectivity index (χ4v) is 3.36. The molecule has 0 radical (unpaired) electrons. The summed E-state index contributed by atoms with van der Waals surface area (Å²) in [6.07, 6.45) is -1.29. The molecule has 0 saturated heterocycles. The molecule has 0 spiro atoms. The van der Waals surface area contributed by atoms with Gasteiger partial charge in [-0.2, -0.15) is 18.3 Å². The summed E-state index contributed by atoms with van der Waals surface area (Å²) in [7, 11) is 3.11. The average molecular weight is 443 g/mol. The van der Waals surface area contributed by atoms with Gasteiger partial charge in [-0.05, 0) is 18.6 Å².